The van der Waals surface area contributed by atoms with Crippen LogP contribution in [0.15, 0.2) is 24.3 Å². The Kier molecular flexibility index (Phi) is 4.49. The van der Waals surface area contributed by atoms with Crippen molar-refractivity contribution in [3.8, 4) is 0 Å². The minimum Gasteiger partial charge on any atom is -0.444 e. The molecule has 2 amide bonds. The van der Waals surface area contributed by atoms with Gasteiger partial charge in [-0.3, -0.25) is 14.9 Å². The second-order valence-electron chi connectivity index (χ2n) is 6.25. The highest BCUT2D eigenvalue weighted by atomic mass is 16.6. The van der Waals surface area contributed by atoms with Gasteiger partial charge in [-0.15, -0.1) is 0 Å². The summed E-state index contributed by atoms with van der Waals surface area (Å²) in [6, 6.07) is 7.15. The predicted octanol–water partition coefficient (Wildman–Crippen LogP) is 2.33. The van der Waals surface area contributed by atoms with Crippen LogP contribution in [-0.4, -0.2) is 34.8 Å². The molecule has 1 aliphatic heterocycles. The van der Waals surface area contributed by atoms with Crippen LogP contribution in [0.4, 0.5) is 10.5 Å². The molecule has 22 heavy (non-hydrogen) atoms. The van der Waals surface area contributed by atoms with Crippen molar-refractivity contribution < 1.29 is 19.1 Å². The second kappa shape index (κ2) is 6.17. The number of nitrogens with zero attached hydrogens (tertiary/aromatic N) is 1. The molecule has 1 saturated heterocycles. The fourth-order valence-electron chi connectivity index (χ4n) is 2.18. The molecule has 0 radical (unpaired) electrons. The molecule has 0 bridgehead atoms. The average molecular weight is 304 g/mol. The normalized spacial score (nSPS) is 15.1. The van der Waals surface area contributed by atoms with E-state index in [0.717, 1.165) is 5.56 Å². The predicted molar refractivity (Wildman–Crippen MR) is 81.3 cm³/mol. The van der Waals surface area contributed by atoms with Gasteiger partial charge < -0.3 is 9.64 Å². The van der Waals surface area contributed by atoms with Gasteiger partial charge >= 0.3 is 6.09 Å². The third-order valence-electron chi connectivity index (χ3n) is 3.08. The topological polar surface area (TPSA) is 75.7 Å². The van der Waals surface area contributed by atoms with E-state index in [1.165, 1.54) is 4.90 Å². The summed E-state index contributed by atoms with van der Waals surface area (Å²) in [5, 5.41) is 2.68. The maximum Gasteiger partial charge on any atom is 0.412 e. The maximum atomic E-state index is 11.9. The molecule has 1 aromatic rings. The number of carbonyl (C=O) groups excluding carboxylic acids is 3. The number of rotatable bonds is 3. The zero-order chi connectivity index (χ0) is 16.3. The Bertz CT molecular complexity index is 604. The van der Waals surface area contributed by atoms with E-state index in [4.69, 9.17) is 4.74 Å². The Labute approximate surface area is 129 Å². The van der Waals surface area contributed by atoms with Crippen LogP contribution in [0, 0.1) is 0 Å². The first-order valence-electron chi connectivity index (χ1n) is 7.12. The van der Waals surface area contributed by atoms with E-state index in [1.807, 2.05) is 12.1 Å². The van der Waals surface area contributed by atoms with Gasteiger partial charge in [-0.2, -0.15) is 0 Å². The highest BCUT2D eigenvalue weighted by Gasteiger charge is 2.28. The Balaban J connectivity index is 2.08. The highest BCUT2D eigenvalue weighted by Crippen LogP contribution is 2.20. The molecule has 1 aromatic carbocycles. The lowest BCUT2D eigenvalue weighted by atomic mass is 10.1. The lowest BCUT2D eigenvalue weighted by Crippen LogP contribution is -2.28. The van der Waals surface area contributed by atoms with E-state index >= 15 is 0 Å². The summed E-state index contributed by atoms with van der Waals surface area (Å²) >= 11 is 0. The molecule has 0 aliphatic carbocycles. The molecule has 1 N–H and O–H groups in total. The summed E-state index contributed by atoms with van der Waals surface area (Å²) in [7, 11) is 0. The van der Waals surface area contributed by atoms with Crippen LogP contribution in [0.5, 0.6) is 0 Å². The van der Waals surface area contributed by atoms with Crippen LogP contribution in [0.3, 0.4) is 0 Å². The van der Waals surface area contributed by atoms with E-state index in [-0.39, 0.29) is 31.2 Å². The van der Waals surface area contributed by atoms with E-state index in [1.54, 1.807) is 32.9 Å². The van der Waals surface area contributed by atoms with E-state index < -0.39 is 11.7 Å². The third kappa shape index (κ3) is 4.31. The zero-order valence-corrected chi connectivity index (χ0v) is 13.0. The molecule has 0 saturated carbocycles. The molecule has 0 unspecified atom stereocenters. The largest absolute Gasteiger partial charge is 0.444 e. The Morgan fingerprint density at radius 1 is 1.27 bits per heavy atom. The van der Waals surface area contributed by atoms with Gasteiger partial charge in [-0.05, 0) is 32.4 Å². The van der Waals surface area contributed by atoms with Crippen molar-refractivity contribution in [1.82, 2.24) is 4.90 Å². The van der Waals surface area contributed by atoms with E-state index in [0.29, 0.717) is 5.69 Å². The quantitative estimate of drug-likeness (QED) is 0.870. The van der Waals surface area contributed by atoms with Crippen LogP contribution in [0.1, 0.15) is 32.8 Å². The number of nitrogens with one attached hydrogen (secondary N) is 1. The number of likely N-dealkylation sites (tertiary alicyclic amines) is 1. The number of hydrogen-bond acceptors (Lipinski definition) is 4. The first-order valence-corrected chi connectivity index (χ1v) is 7.12. The van der Waals surface area contributed by atoms with Crippen molar-refractivity contribution in [2.24, 2.45) is 0 Å². The minimum absolute atomic E-state index is 0.0400. The van der Waals surface area contributed by atoms with E-state index in [9.17, 15) is 14.4 Å². The molecule has 0 aromatic heterocycles. The number of para-hydroxylation sites is 1. The summed E-state index contributed by atoms with van der Waals surface area (Å²) in [5.74, 6) is -0.264. The number of amides is 2. The van der Waals surface area contributed by atoms with Gasteiger partial charge in [-0.1, -0.05) is 18.2 Å². The fraction of sp³-hybridized carbons (Fsp3) is 0.438. The molecular weight excluding hydrogens is 284 g/mol. The maximum absolute atomic E-state index is 11.9. The van der Waals surface area contributed by atoms with Crippen LogP contribution >= 0.6 is 0 Å². The molecule has 1 aliphatic rings. The number of ether oxygens (including phenoxy) is 1. The number of anilines is 1. The number of hydrogen-bond donors (Lipinski definition) is 1. The standard InChI is InChI=1S/C16H20N2O4/c1-16(2,3)22-15(21)17-13-7-5-4-6-11(13)9-18-10-12(19)8-14(18)20/h4-7H,8-10H2,1-3H3,(H,17,21). The monoisotopic (exact) mass is 304 g/mol. The molecule has 2 rings (SSSR count). The van der Waals surface area contributed by atoms with Crippen molar-refractivity contribution >= 4 is 23.5 Å². The van der Waals surface area contributed by atoms with Gasteiger partial charge in [0.05, 0.1) is 13.0 Å². The lowest BCUT2D eigenvalue weighted by Gasteiger charge is -2.21. The van der Waals surface area contributed by atoms with E-state index in [2.05, 4.69) is 5.32 Å². The number of Topliss-reactive ketones (excluding diaryl/α,β-unsaturated/α-hetero) is 1. The number of carbonyl (C=O) groups is 3. The fourth-order valence-corrected chi connectivity index (χ4v) is 2.18. The molecule has 1 fully saturated rings. The van der Waals surface area contributed by atoms with Crippen LogP contribution in [-0.2, 0) is 20.9 Å². The second-order valence-corrected chi connectivity index (χ2v) is 6.25. The smallest absolute Gasteiger partial charge is 0.412 e. The Morgan fingerprint density at radius 3 is 2.55 bits per heavy atom. The molecule has 0 spiro atoms. The Morgan fingerprint density at radius 2 is 1.95 bits per heavy atom. The number of benzene rings is 1. The summed E-state index contributed by atoms with van der Waals surface area (Å²) in [6.07, 6.45) is -0.592. The van der Waals surface area contributed by atoms with Gasteiger partial charge in [-0.25, -0.2) is 4.79 Å². The van der Waals surface area contributed by atoms with Gasteiger partial charge in [0.15, 0.2) is 5.78 Å². The molecular formula is C16H20N2O4. The Hall–Kier alpha value is -2.37. The first kappa shape index (κ1) is 16.0. The van der Waals surface area contributed by atoms with Gasteiger partial charge in [0.25, 0.3) is 0 Å². The molecule has 0 atom stereocenters. The summed E-state index contributed by atoms with van der Waals surface area (Å²) < 4.78 is 5.22. The zero-order valence-electron chi connectivity index (χ0n) is 13.0. The van der Waals surface area contributed by atoms with Crippen LogP contribution in [0.25, 0.3) is 0 Å². The number of ketones is 1. The molecule has 118 valence electrons. The van der Waals surface area contributed by atoms with Crippen LogP contribution in [0.2, 0.25) is 0 Å². The van der Waals surface area contributed by atoms with Crippen molar-refractivity contribution in [3.05, 3.63) is 29.8 Å². The van der Waals surface area contributed by atoms with Crippen LogP contribution < -0.4 is 5.32 Å². The van der Waals surface area contributed by atoms with Crippen molar-refractivity contribution in [2.75, 3.05) is 11.9 Å². The molecule has 1 heterocycles. The highest BCUT2D eigenvalue weighted by molar-refractivity contribution is 6.05. The minimum atomic E-state index is -0.587. The summed E-state index contributed by atoms with van der Waals surface area (Å²) in [6.45, 7) is 5.77. The van der Waals surface area contributed by atoms with Crippen molar-refractivity contribution in [2.45, 2.75) is 39.3 Å². The summed E-state index contributed by atoms with van der Waals surface area (Å²) in [4.78, 5) is 36.4. The summed E-state index contributed by atoms with van der Waals surface area (Å²) in [5.41, 5.74) is 0.747. The SMILES string of the molecule is CC(C)(C)OC(=O)Nc1ccccc1CN1CC(=O)CC1=O. The molecule has 6 nitrogen and oxygen atoms in total. The van der Waals surface area contributed by atoms with Gasteiger partial charge in [0.1, 0.15) is 5.60 Å². The van der Waals surface area contributed by atoms with Crippen molar-refractivity contribution in [3.63, 3.8) is 0 Å². The lowest BCUT2D eigenvalue weighted by molar-refractivity contribution is -0.128. The molecule has 6 heteroatoms. The average Bonchev–Trinajstić information content (AvgIpc) is 2.68. The van der Waals surface area contributed by atoms with Crippen molar-refractivity contribution in [1.29, 1.82) is 0 Å². The van der Waals surface area contributed by atoms with Gasteiger partial charge in [0.2, 0.25) is 5.91 Å². The van der Waals surface area contributed by atoms with Gasteiger partial charge in [0, 0.05) is 12.2 Å². The third-order valence-corrected chi connectivity index (χ3v) is 3.08. The first-order chi connectivity index (χ1) is 10.2.